The Morgan fingerprint density at radius 1 is 1.43 bits per heavy atom. The fourth-order valence-electron chi connectivity index (χ4n) is 2.55. The van der Waals surface area contributed by atoms with Gasteiger partial charge in [-0.1, -0.05) is 24.5 Å². The average molecular weight is 295 g/mol. The van der Waals surface area contributed by atoms with Gasteiger partial charge in [-0.3, -0.25) is 4.79 Å². The SMILES string of the molecule is COCCNCc1cn(CC(=O)NC2CCCCC2)nn1. The summed E-state index contributed by atoms with van der Waals surface area (Å²) in [6.07, 6.45) is 7.71. The first kappa shape index (κ1) is 15.9. The van der Waals surface area contributed by atoms with Crippen LogP contribution in [0.2, 0.25) is 0 Å². The Labute approximate surface area is 125 Å². The molecule has 0 bridgehead atoms. The fraction of sp³-hybridized carbons (Fsp3) is 0.786. The van der Waals surface area contributed by atoms with Crippen LogP contribution in [0.15, 0.2) is 6.20 Å². The lowest BCUT2D eigenvalue weighted by atomic mass is 9.95. The van der Waals surface area contributed by atoms with Crippen LogP contribution >= 0.6 is 0 Å². The summed E-state index contributed by atoms with van der Waals surface area (Å²) < 4.78 is 6.54. The number of carbonyl (C=O) groups is 1. The van der Waals surface area contributed by atoms with Crippen molar-refractivity contribution in [2.45, 2.75) is 51.2 Å². The molecule has 1 saturated carbocycles. The molecule has 0 aromatic carbocycles. The van der Waals surface area contributed by atoms with Gasteiger partial charge in [0.15, 0.2) is 0 Å². The summed E-state index contributed by atoms with van der Waals surface area (Å²) >= 11 is 0. The predicted molar refractivity (Wildman–Crippen MR) is 78.6 cm³/mol. The molecule has 2 rings (SSSR count). The highest BCUT2D eigenvalue weighted by Gasteiger charge is 2.16. The summed E-state index contributed by atoms with van der Waals surface area (Å²) in [7, 11) is 1.67. The maximum Gasteiger partial charge on any atom is 0.242 e. The molecule has 118 valence electrons. The van der Waals surface area contributed by atoms with Gasteiger partial charge >= 0.3 is 0 Å². The van der Waals surface area contributed by atoms with Crippen molar-refractivity contribution < 1.29 is 9.53 Å². The molecule has 0 atom stereocenters. The maximum absolute atomic E-state index is 12.0. The van der Waals surface area contributed by atoms with Crippen LogP contribution in [0.4, 0.5) is 0 Å². The first-order chi connectivity index (χ1) is 10.3. The van der Waals surface area contributed by atoms with Crippen LogP contribution in [0, 0.1) is 0 Å². The number of hydrogen-bond donors (Lipinski definition) is 2. The molecule has 1 aliphatic carbocycles. The van der Waals surface area contributed by atoms with Crippen LogP contribution < -0.4 is 10.6 Å². The molecule has 1 heterocycles. The second-order valence-electron chi connectivity index (χ2n) is 5.48. The summed E-state index contributed by atoms with van der Waals surface area (Å²) in [4.78, 5) is 12.0. The van der Waals surface area contributed by atoms with Crippen molar-refractivity contribution in [2.24, 2.45) is 0 Å². The fourth-order valence-corrected chi connectivity index (χ4v) is 2.55. The van der Waals surface area contributed by atoms with Gasteiger partial charge in [0.2, 0.25) is 5.91 Å². The minimum absolute atomic E-state index is 0.0192. The molecule has 0 unspecified atom stereocenters. The third-order valence-electron chi connectivity index (χ3n) is 3.65. The van der Waals surface area contributed by atoms with Crippen LogP contribution in [-0.4, -0.2) is 47.2 Å². The van der Waals surface area contributed by atoms with Crippen molar-refractivity contribution in [1.82, 2.24) is 25.6 Å². The van der Waals surface area contributed by atoms with E-state index in [9.17, 15) is 4.79 Å². The van der Waals surface area contributed by atoms with Crippen molar-refractivity contribution in [1.29, 1.82) is 0 Å². The molecule has 2 N–H and O–H groups in total. The summed E-state index contributed by atoms with van der Waals surface area (Å²) in [6.45, 7) is 2.30. The summed E-state index contributed by atoms with van der Waals surface area (Å²) in [5.74, 6) is 0.0192. The number of nitrogens with zero attached hydrogens (tertiary/aromatic N) is 3. The highest BCUT2D eigenvalue weighted by molar-refractivity contribution is 5.75. The zero-order chi connectivity index (χ0) is 14.9. The maximum atomic E-state index is 12.0. The van der Waals surface area contributed by atoms with Crippen LogP contribution in [0.3, 0.4) is 0 Å². The molecule has 0 saturated heterocycles. The molecule has 1 aromatic rings. The zero-order valence-corrected chi connectivity index (χ0v) is 12.7. The summed E-state index contributed by atoms with van der Waals surface area (Å²) in [5, 5.41) is 14.3. The van der Waals surface area contributed by atoms with Crippen molar-refractivity contribution in [3.8, 4) is 0 Å². The molecule has 7 heteroatoms. The molecule has 1 fully saturated rings. The molecule has 1 aromatic heterocycles. The second-order valence-corrected chi connectivity index (χ2v) is 5.48. The van der Waals surface area contributed by atoms with Gasteiger partial charge in [0.25, 0.3) is 0 Å². The van der Waals surface area contributed by atoms with Crippen LogP contribution in [-0.2, 0) is 22.6 Å². The van der Waals surface area contributed by atoms with Gasteiger partial charge in [-0.25, -0.2) is 4.68 Å². The van der Waals surface area contributed by atoms with Crippen LogP contribution in [0.25, 0.3) is 0 Å². The van der Waals surface area contributed by atoms with E-state index in [2.05, 4.69) is 20.9 Å². The normalized spacial score (nSPS) is 16.0. The minimum Gasteiger partial charge on any atom is -0.383 e. The number of aromatic nitrogens is 3. The molecular weight excluding hydrogens is 270 g/mol. The van der Waals surface area contributed by atoms with Gasteiger partial charge in [-0.15, -0.1) is 5.10 Å². The van der Waals surface area contributed by atoms with E-state index < -0.39 is 0 Å². The largest absolute Gasteiger partial charge is 0.383 e. The number of ether oxygens (including phenoxy) is 1. The Morgan fingerprint density at radius 2 is 2.24 bits per heavy atom. The Balaban J connectivity index is 1.69. The van der Waals surface area contributed by atoms with E-state index in [-0.39, 0.29) is 12.5 Å². The Kier molecular flexibility index (Phi) is 6.62. The average Bonchev–Trinajstić information content (AvgIpc) is 2.92. The number of carbonyl (C=O) groups excluding carboxylic acids is 1. The molecule has 21 heavy (non-hydrogen) atoms. The third-order valence-corrected chi connectivity index (χ3v) is 3.65. The zero-order valence-electron chi connectivity index (χ0n) is 12.7. The second kappa shape index (κ2) is 8.74. The smallest absolute Gasteiger partial charge is 0.242 e. The molecular formula is C14H25N5O2. The monoisotopic (exact) mass is 295 g/mol. The molecule has 0 spiro atoms. The molecule has 7 nitrogen and oxygen atoms in total. The van der Waals surface area contributed by atoms with Gasteiger partial charge in [0.05, 0.1) is 18.5 Å². The first-order valence-electron chi connectivity index (χ1n) is 7.66. The Bertz CT molecular complexity index is 429. The van der Waals surface area contributed by atoms with Gasteiger partial charge in [0.1, 0.15) is 6.54 Å². The van der Waals surface area contributed by atoms with E-state index in [1.54, 1.807) is 18.0 Å². The highest BCUT2D eigenvalue weighted by atomic mass is 16.5. The van der Waals surface area contributed by atoms with E-state index in [0.29, 0.717) is 19.2 Å². The number of amides is 1. The van der Waals surface area contributed by atoms with Crippen LogP contribution in [0.5, 0.6) is 0 Å². The van der Waals surface area contributed by atoms with Crippen molar-refractivity contribution in [2.75, 3.05) is 20.3 Å². The van der Waals surface area contributed by atoms with Gasteiger partial charge in [-0.05, 0) is 12.8 Å². The number of methoxy groups -OCH3 is 1. The Morgan fingerprint density at radius 3 is 3.00 bits per heavy atom. The Hall–Kier alpha value is -1.47. The highest BCUT2D eigenvalue weighted by Crippen LogP contribution is 2.17. The van der Waals surface area contributed by atoms with Crippen molar-refractivity contribution in [3.63, 3.8) is 0 Å². The lowest BCUT2D eigenvalue weighted by Crippen LogP contribution is -2.38. The van der Waals surface area contributed by atoms with Crippen LogP contribution in [0.1, 0.15) is 37.8 Å². The standard InChI is InChI=1S/C14H25N5O2/c1-21-8-7-15-9-13-10-19(18-17-13)11-14(20)16-12-5-3-2-4-6-12/h10,12,15H,2-9,11H2,1H3,(H,16,20). The quantitative estimate of drug-likeness (QED) is 0.681. The lowest BCUT2D eigenvalue weighted by molar-refractivity contribution is -0.122. The summed E-state index contributed by atoms with van der Waals surface area (Å²) in [6, 6.07) is 0.338. The molecule has 0 radical (unpaired) electrons. The van der Waals surface area contributed by atoms with E-state index in [0.717, 1.165) is 25.1 Å². The first-order valence-corrected chi connectivity index (χ1v) is 7.66. The topological polar surface area (TPSA) is 81.1 Å². The summed E-state index contributed by atoms with van der Waals surface area (Å²) in [5.41, 5.74) is 0.830. The lowest BCUT2D eigenvalue weighted by Gasteiger charge is -2.22. The predicted octanol–water partition coefficient (Wildman–Crippen LogP) is 0.463. The van der Waals surface area contributed by atoms with Gasteiger partial charge in [0, 0.05) is 26.2 Å². The third kappa shape index (κ3) is 5.81. The molecule has 0 aliphatic heterocycles. The minimum atomic E-state index is 0.0192. The van der Waals surface area contributed by atoms with E-state index >= 15 is 0 Å². The van der Waals surface area contributed by atoms with E-state index in [4.69, 9.17) is 4.74 Å². The van der Waals surface area contributed by atoms with Gasteiger partial charge < -0.3 is 15.4 Å². The molecule has 1 amide bonds. The van der Waals surface area contributed by atoms with Crippen molar-refractivity contribution >= 4 is 5.91 Å². The van der Waals surface area contributed by atoms with Crippen molar-refractivity contribution in [3.05, 3.63) is 11.9 Å². The number of hydrogen-bond acceptors (Lipinski definition) is 5. The van der Waals surface area contributed by atoms with E-state index in [1.807, 2.05) is 0 Å². The van der Waals surface area contributed by atoms with E-state index in [1.165, 1.54) is 19.3 Å². The van der Waals surface area contributed by atoms with Gasteiger partial charge in [-0.2, -0.15) is 0 Å². The molecule has 1 aliphatic rings. The number of nitrogens with one attached hydrogen (secondary N) is 2. The number of rotatable bonds is 8.